The summed E-state index contributed by atoms with van der Waals surface area (Å²) >= 11 is 0. The summed E-state index contributed by atoms with van der Waals surface area (Å²) < 4.78 is 44.5. The Morgan fingerprint density at radius 3 is 1.47 bits per heavy atom. The van der Waals surface area contributed by atoms with Gasteiger partial charge in [-0.15, -0.1) is 0 Å². The molecule has 0 saturated carbocycles. The molecule has 0 saturated heterocycles. The molecular formula is C26H54NNaO7S. The summed E-state index contributed by atoms with van der Waals surface area (Å²) in [4.78, 5) is 1.59. The molecule has 212 valence electrons. The van der Waals surface area contributed by atoms with E-state index in [1.807, 2.05) is 0 Å². The average molecular weight is 548 g/mol. The topological polar surface area (TPSA) is 119 Å². The fourth-order valence-electron chi connectivity index (χ4n) is 4.50. The van der Waals surface area contributed by atoms with E-state index in [4.69, 9.17) is 9.47 Å². The van der Waals surface area contributed by atoms with Gasteiger partial charge in [-0.3, -0.25) is 4.90 Å². The van der Waals surface area contributed by atoms with Gasteiger partial charge in [0, 0.05) is 32.8 Å². The largest absolute Gasteiger partial charge is 1.00 e. The van der Waals surface area contributed by atoms with Crippen molar-refractivity contribution in [2.75, 3.05) is 51.8 Å². The third-order valence-corrected chi connectivity index (χ3v) is 6.33. The monoisotopic (exact) mass is 547 g/mol. The smallest absolute Gasteiger partial charge is 0.748 e. The van der Waals surface area contributed by atoms with E-state index >= 15 is 0 Å². The molecular weight excluding hydrogens is 493 g/mol. The predicted molar refractivity (Wildman–Crippen MR) is 140 cm³/mol. The fraction of sp³-hybridized carbons (Fsp3) is 1.00. The second-order valence-corrected chi connectivity index (χ2v) is 14.3. The van der Waals surface area contributed by atoms with E-state index in [1.165, 1.54) is 0 Å². The molecule has 0 radical (unpaired) electrons. The van der Waals surface area contributed by atoms with Gasteiger partial charge >= 0.3 is 29.6 Å². The van der Waals surface area contributed by atoms with Crippen molar-refractivity contribution in [3.05, 3.63) is 0 Å². The van der Waals surface area contributed by atoms with Gasteiger partial charge in [-0.05, 0) is 48.3 Å². The van der Waals surface area contributed by atoms with Gasteiger partial charge in [-0.1, -0.05) is 55.4 Å². The van der Waals surface area contributed by atoms with Crippen LogP contribution in [-0.4, -0.2) is 92.1 Å². The SMILES string of the molecule is CC(CCOCC(O)CN(CCS(=O)(=O)[O-])CC(O)COCCC(C)CC(C)(C)C)CC(C)(C)C.[Na+]. The second-order valence-electron chi connectivity index (χ2n) is 12.8. The number of aliphatic hydroxyl groups is 2. The molecule has 36 heavy (non-hydrogen) atoms. The van der Waals surface area contributed by atoms with Crippen LogP contribution >= 0.6 is 0 Å². The number of aliphatic hydroxyl groups excluding tert-OH is 2. The van der Waals surface area contributed by atoms with Crippen LogP contribution in [0.1, 0.15) is 81.1 Å². The zero-order valence-corrected chi connectivity index (χ0v) is 27.4. The molecule has 10 heteroatoms. The molecule has 0 aliphatic carbocycles. The summed E-state index contributed by atoms with van der Waals surface area (Å²) in [6.45, 7) is 19.0. The number of rotatable bonds is 19. The van der Waals surface area contributed by atoms with Gasteiger partial charge in [0.1, 0.15) is 0 Å². The molecule has 0 aliphatic rings. The Kier molecular flexibility index (Phi) is 20.4. The molecule has 0 fully saturated rings. The average Bonchev–Trinajstić information content (AvgIpc) is 2.63. The summed E-state index contributed by atoms with van der Waals surface area (Å²) in [6.07, 6.45) is 2.26. The third-order valence-electron chi connectivity index (χ3n) is 5.65. The number of ether oxygens (including phenoxy) is 2. The van der Waals surface area contributed by atoms with Crippen molar-refractivity contribution in [3.63, 3.8) is 0 Å². The number of nitrogens with zero attached hydrogens (tertiary/aromatic N) is 1. The van der Waals surface area contributed by atoms with Crippen molar-refractivity contribution in [2.45, 2.75) is 93.3 Å². The Labute approximate surface area is 243 Å². The maximum absolute atomic E-state index is 11.1. The molecule has 0 bridgehead atoms. The minimum Gasteiger partial charge on any atom is -0.748 e. The van der Waals surface area contributed by atoms with Gasteiger partial charge in [0.25, 0.3) is 0 Å². The van der Waals surface area contributed by atoms with Crippen molar-refractivity contribution in [1.29, 1.82) is 0 Å². The van der Waals surface area contributed by atoms with Crippen LogP contribution in [0.2, 0.25) is 0 Å². The summed E-state index contributed by atoms with van der Waals surface area (Å²) in [5.74, 6) is 0.443. The van der Waals surface area contributed by atoms with Crippen LogP contribution in [0.4, 0.5) is 0 Å². The number of hydrogen-bond acceptors (Lipinski definition) is 8. The van der Waals surface area contributed by atoms with E-state index in [9.17, 15) is 23.2 Å². The van der Waals surface area contributed by atoms with Gasteiger partial charge in [0.15, 0.2) is 0 Å². The van der Waals surface area contributed by atoms with Crippen LogP contribution in [0.25, 0.3) is 0 Å². The summed E-state index contributed by atoms with van der Waals surface area (Å²) in [5.41, 5.74) is 0.521. The van der Waals surface area contributed by atoms with E-state index < -0.39 is 28.1 Å². The third kappa shape index (κ3) is 26.3. The van der Waals surface area contributed by atoms with E-state index in [0.717, 1.165) is 25.7 Å². The van der Waals surface area contributed by atoms with Gasteiger partial charge in [-0.2, -0.15) is 0 Å². The van der Waals surface area contributed by atoms with Gasteiger partial charge in [0.05, 0.1) is 41.3 Å². The van der Waals surface area contributed by atoms with Crippen molar-refractivity contribution in [1.82, 2.24) is 4.90 Å². The molecule has 0 spiro atoms. The molecule has 0 rings (SSSR count). The Bertz CT molecular complexity index is 612. The van der Waals surface area contributed by atoms with E-state index in [0.29, 0.717) is 25.0 Å². The van der Waals surface area contributed by atoms with Crippen LogP contribution in [-0.2, 0) is 19.6 Å². The Balaban J connectivity index is 0. The summed E-state index contributed by atoms with van der Waals surface area (Å²) in [6, 6.07) is 0. The standard InChI is InChI=1S/C26H55NO7S.Na/c1-21(15-25(3,4)5)9-12-33-19-23(28)17-27(11-14-35(30,31)32)18-24(29)20-34-13-10-22(2)16-26(6,7)8;/h21-24,28-29H,9-20H2,1-8H3,(H,30,31,32);/q;+1/p-1. The maximum atomic E-state index is 11.1. The Hall–Kier alpha value is 0.710. The van der Waals surface area contributed by atoms with Crippen LogP contribution in [0, 0.1) is 22.7 Å². The molecule has 4 unspecified atom stereocenters. The summed E-state index contributed by atoms with van der Waals surface area (Å²) in [5, 5.41) is 20.7. The Morgan fingerprint density at radius 2 is 1.17 bits per heavy atom. The summed E-state index contributed by atoms with van der Waals surface area (Å²) in [7, 11) is -4.40. The van der Waals surface area contributed by atoms with Crippen LogP contribution in [0.3, 0.4) is 0 Å². The maximum Gasteiger partial charge on any atom is 1.00 e. The zero-order chi connectivity index (χ0) is 27.3. The van der Waals surface area contributed by atoms with Crippen molar-refractivity contribution >= 4 is 10.1 Å². The van der Waals surface area contributed by atoms with Crippen molar-refractivity contribution in [3.8, 4) is 0 Å². The first-order valence-corrected chi connectivity index (χ1v) is 14.6. The number of hydrogen-bond donors (Lipinski definition) is 2. The fourth-order valence-corrected chi connectivity index (χ4v) is 4.98. The first kappa shape index (κ1) is 38.9. The molecule has 0 aromatic rings. The van der Waals surface area contributed by atoms with Gasteiger partial charge in [0.2, 0.25) is 0 Å². The molecule has 8 nitrogen and oxygen atoms in total. The van der Waals surface area contributed by atoms with Crippen LogP contribution < -0.4 is 29.6 Å². The molecule has 0 amide bonds. The first-order chi connectivity index (χ1) is 15.9. The quantitative estimate of drug-likeness (QED) is 0.136. The van der Waals surface area contributed by atoms with Crippen LogP contribution in [0.15, 0.2) is 0 Å². The van der Waals surface area contributed by atoms with E-state index in [1.54, 1.807) is 4.90 Å². The molecule has 4 atom stereocenters. The predicted octanol–water partition coefficient (Wildman–Crippen LogP) is 0.517. The van der Waals surface area contributed by atoms with Crippen molar-refractivity contribution in [2.24, 2.45) is 22.7 Å². The minimum atomic E-state index is -4.40. The van der Waals surface area contributed by atoms with E-state index in [-0.39, 0.29) is 73.2 Å². The zero-order valence-electron chi connectivity index (χ0n) is 24.6. The molecule has 0 aromatic heterocycles. The second kappa shape index (κ2) is 18.9. The normalized spacial score (nSPS) is 16.4. The molecule has 0 aromatic carbocycles. The van der Waals surface area contributed by atoms with Gasteiger partial charge in [-0.25, -0.2) is 8.42 Å². The minimum absolute atomic E-state index is 0. The molecule has 2 N–H and O–H groups in total. The Morgan fingerprint density at radius 1 is 0.806 bits per heavy atom. The van der Waals surface area contributed by atoms with Crippen molar-refractivity contribution < 1.29 is 62.2 Å². The molecule has 0 aliphatic heterocycles. The molecule has 0 heterocycles. The van der Waals surface area contributed by atoms with Crippen LogP contribution in [0.5, 0.6) is 0 Å². The van der Waals surface area contributed by atoms with E-state index in [2.05, 4.69) is 55.4 Å². The van der Waals surface area contributed by atoms with Gasteiger partial charge < -0.3 is 24.2 Å². The first-order valence-electron chi connectivity index (χ1n) is 13.0.